The van der Waals surface area contributed by atoms with E-state index in [1.54, 1.807) is 20.9 Å². The van der Waals surface area contributed by atoms with E-state index >= 15 is 0 Å². The van der Waals surface area contributed by atoms with Crippen LogP contribution in [0.25, 0.3) is 11.2 Å². The van der Waals surface area contributed by atoms with E-state index in [4.69, 9.17) is 0 Å². The van der Waals surface area contributed by atoms with E-state index in [-0.39, 0.29) is 12.1 Å². The first-order valence-electron chi connectivity index (χ1n) is 9.75. The van der Waals surface area contributed by atoms with Crippen LogP contribution in [0.2, 0.25) is 0 Å². The minimum atomic E-state index is -0.929. The average molecular weight is 401 g/mol. The number of aromatic nitrogens is 4. The number of rotatable bonds is 7. The summed E-state index contributed by atoms with van der Waals surface area (Å²) < 4.78 is 3.28. The lowest BCUT2D eigenvalue weighted by Gasteiger charge is -2.28. The van der Waals surface area contributed by atoms with Gasteiger partial charge in [0.05, 0.1) is 13.1 Å². The summed E-state index contributed by atoms with van der Waals surface area (Å²) >= 11 is 0. The standard InChI is InChI=1S/C19H27N7O3/c1-4-6-9-26-15-16(23-19(26)25-10-7-20-8-11-25)22-14(24(3)17(15)27)12-21-13(5-2)18(28)29/h13,20-21H,5,7-12H2,1-3H3,(H,28,29). The van der Waals surface area contributed by atoms with Crippen molar-refractivity contribution in [1.29, 1.82) is 0 Å². The summed E-state index contributed by atoms with van der Waals surface area (Å²) in [4.78, 5) is 35.7. The maximum Gasteiger partial charge on any atom is 0.320 e. The number of fused-ring (bicyclic) bond motifs is 1. The molecule has 2 aromatic heterocycles. The fraction of sp³-hybridized carbons (Fsp3) is 0.579. The van der Waals surface area contributed by atoms with Gasteiger partial charge in [-0.3, -0.25) is 24.0 Å². The molecule has 1 unspecified atom stereocenters. The maximum absolute atomic E-state index is 13.1. The summed E-state index contributed by atoms with van der Waals surface area (Å²) in [5.74, 6) is 6.10. The van der Waals surface area contributed by atoms with E-state index in [0.717, 1.165) is 26.2 Å². The fourth-order valence-electron chi connectivity index (χ4n) is 3.38. The van der Waals surface area contributed by atoms with Crippen molar-refractivity contribution < 1.29 is 9.90 Å². The van der Waals surface area contributed by atoms with Crippen LogP contribution in [0.4, 0.5) is 5.95 Å². The minimum Gasteiger partial charge on any atom is -0.480 e. The van der Waals surface area contributed by atoms with Gasteiger partial charge in [0.25, 0.3) is 5.56 Å². The second kappa shape index (κ2) is 9.07. The van der Waals surface area contributed by atoms with Crippen LogP contribution in [-0.4, -0.2) is 62.4 Å². The summed E-state index contributed by atoms with van der Waals surface area (Å²) in [6.07, 6.45) is 0.434. The molecule has 0 bridgehead atoms. The van der Waals surface area contributed by atoms with E-state index < -0.39 is 12.0 Å². The van der Waals surface area contributed by atoms with E-state index in [0.29, 0.717) is 35.9 Å². The first-order valence-corrected chi connectivity index (χ1v) is 9.75. The normalized spacial score (nSPS) is 15.2. The molecule has 3 rings (SSSR count). The fourth-order valence-corrected chi connectivity index (χ4v) is 3.38. The van der Waals surface area contributed by atoms with Crippen molar-refractivity contribution in [2.24, 2.45) is 7.05 Å². The number of anilines is 1. The topological polar surface area (TPSA) is 117 Å². The zero-order chi connectivity index (χ0) is 21.0. The highest BCUT2D eigenvalue weighted by molar-refractivity contribution is 5.75. The highest BCUT2D eigenvalue weighted by atomic mass is 16.4. The van der Waals surface area contributed by atoms with Gasteiger partial charge in [0.2, 0.25) is 5.95 Å². The molecule has 1 aliphatic rings. The lowest BCUT2D eigenvalue weighted by atomic mass is 10.2. The Bertz CT molecular complexity index is 1010. The van der Waals surface area contributed by atoms with Crippen molar-refractivity contribution in [3.8, 4) is 11.8 Å². The Hall–Kier alpha value is -2.90. The molecule has 10 nitrogen and oxygen atoms in total. The third-order valence-electron chi connectivity index (χ3n) is 5.09. The van der Waals surface area contributed by atoms with Crippen LogP contribution in [0.1, 0.15) is 26.1 Å². The number of piperazine rings is 1. The van der Waals surface area contributed by atoms with Crippen molar-refractivity contribution in [2.75, 3.05) is 31.1 Å². The Morgan fingerprint density at radius 1 is 1.34 bits per heavy atom. The van der Waals surface area contributed by atoms with Gasteiger partial charge in [0.15, 0.2) is 11.2 Å². The van der Waals surface area contributed by atoms with Gasteiger partial charge < -0.3 is 15.3 Å². The molecule has 3 N–H and O–H groups in total. The van der Waals surface area contributed by atoms with Gasteiger partial charge in [-0.1, -0.05) is 12.8 Å². The molecule has 2 aromatic rings. The molecular formula is C19H27N7O3. The summed E-state index contributed by atoms with van der Waals surface area (Å²) in [6, 6.07) is -0.698. The molecule has 0 spiro atoms. The Morgan fingerprint density at radius 3 is 2.69 bits per heavy atom. The number of nitrogens with one attached hydrogen (secondary N) is 2. The van der Waals surface area contributed by atoms with Gasteiger partial charge in [-0.15, -0.1) is 5.92 Å². The number of imidazole rings is 1. The number of carboxylic acid groups (broad SMARTS) is 1. The molecule has 1 saturated heterocycles. The van der Waals surface area contributed by atoms with Crippen molar-refractivity contribution >= 4 is 23.1 Å². The predicted molar refractivity (Wildman–Crippen MR) is 110 cm³/mol. The monoisotopic (exact) mass is 401 g/mol. The molecule has 0 amide bonds. The van der Waals surface area contributed by atoms with Crippen LogP contribution in [0.3, 0.4) is 0 Å². The molecule has 29 heavy (non-hydrogen) atoms. The highest BCUT2D eigenvalue weighted by Crippen LogP contribution is 2.20. The van der Waals surface area contributed by atoms with Crippen LogP contribution in [-0.2, 0) is 24.9 Å². The van der Waals surface area contributed by atoms with E-state index in [9.17, 15) is 14.7 Å². The van der Waals surface area contributed by atoms with Gasteiger partial charge in [0, 0.05) is 33.2 Å². The number of hydrogen-bond acceptors (Lipinski definition) is 7. The second-order valence-electron chi connectivity index (χ2n) is 6.91. The van der Waals surface area contributed by atoms with Crippen molar-refractivity contribution in [3.63, 3.8) is 0 Å². The molecular weight excluding hydrogens is 374 g/mol. The van der Waals surface area contributed by atoms with E-state index in [1.807, 2.05) is 4.57 Å². The third-order valence-corrected chi connectivity index (χ3v) is 5.09. The number of nitrogens with zero attached hydrogens (tertiary/aromatic N) is 5. The smallest absolute Gasteiger partial charge is 0.320 e. The summed E-state index contributed by atoms with van der Waals surface area (Å²) in [5.41, 5.74) is 0.555. The lowest BCUT2D eigenvalue weighted by molar-refractivity contribution is -0.139. The van der Waals surface area contributed by atoms with Crippen LogP contribution in [0.5, 0.6) is 0 Å². The molecule has 10 heteroatoms. The largest absolute Gasteiger partial charge is 0.480 e. The SMILES string of the molecule is CC#CCn1c(N2CCNCC2)nc2nc(CNC(CC)C(=O)O)n(C)c(=O)c21. The van der Waals surface area contributed by atoms with Crippen LogP contribution in [0.15, 0.2) is 4.79 Å². The summed E-state index contributed by atoms with van der Waals surface area (Å²) in [7, 11) is 1.64. The van der Waals surface area contributed by atoms with Gasteiger partial charge in [-0.25, -0.2) is 4.98 Å². The molecule has 1 atom stereocenters. The highest BCUT2D eigenvalue weighted by Gasteiger charge is 2.23. The van der Waals surface area contributed by atoms with E-state index in [1.165, 1.54) is 4.57 Å². The summed E-state index contributed by atoms with van der Waals surface area (Å²) in [5, 5.41) is 15.5. The molecule has 0 saturated carbocycles. The zero-order valence-electron chi connectivity index (χ0n) is 17.0. The molecule has 1 fully saturated rings. The van der Waals surface area contributed by atoms with Gasteiger partial charge in [-0.05, 0) is 13.3 Å². The number of carboxylic acids is 1. The predicted octanol–water partition coefficient (Wildman–Crippen LogP) is -0.484. The number of carbonyl (C=O) groups is 1. The Kier molecular flexibility index (Phi) is 6.51. The average Bonchev–Trinajstić information content (AvgIpc) is 3.09. The minimum absolute atomic E-state index is 0.164. The molecule has 0 aliphatic carbocycles. The first-order chi connectivity index (χ1) is 14.0. The molecule has 156 valence electrons. The van der Waals surface area contributed by atoms with Crippen molar-refractivity contribution in [2.45, 2.75) is 39.4 Å². The second-order valence-corrected chi connectivity index (χ2v) is 6.91. The van der Waals surface area contributed by atoms with Gasteiger partial charge in [0.1, 0.15) is 11.9 Å². The molecule has 0 radical (unpaired) electrons. The molecule has 1 aliphatic heterocycles. The third kappa shape index (κ3) is 4.26. The number of hydrogen-bond donors (Lipinski definition) is 3. The molecule has 3 heterocycles. The van der Waals surface area contributed by atoms with E-state index in [2.05, 4.69) is 37.3 Å². The Morgan fingerprint density at radius 2 is 2.07 bits per heavy atom. The Labute approximate surface area is 168 Å². The number of aliphatic carboxylic acids is 1. The Balaban J connectivity index is 2.05. The van der Waals surface area contributed by atoms with Gasteiger partial charge in [-0.2, -0.15) is 4.98 Å². The quantitative estimate of drug-likeness (QED) is 0.533. The van der Waals surface area contributed by atoms with Crippen molar-refractivity contribution in [3.05, 3.63) is 16.2 Å². The zero-order valence-corrected chi connectivity index (χ0v) is 17.0. The van der Waals surface area contributed by atoms with Crippen LogP contribution < -0.4 is 21.1 Å². The lowest BCUT2D eigenvalue weighted by Crippen LogP contribution is -2.44. The van der Waals surface area contributed by atoms with Crippen LogP contribution >= 0.6 is 0 Å². The van der Waals surface area contributed by atoms with Crippen molar-refractivity contribution in [1.82, 2.24) is 29.7 Å². The first kappa shape index (κ1) is 20.8. The maximum atomic E-state index is 13.1. The van der Waals surface area contributed by atoms with Gasteiger partial charge >= 0.3 is 5.97 Å². The summed E-state index contributed by atoms with van der Waals surface area (Å²) in [6.45, 7) is 7.33. The molecule has 0 aromatic carbocycles. The van der Waals surface area contributed by atoms with Crippen LogP contribution in [0, 0.1) is 11.8 Å².